The molecule has 1 aromatic carbocycles. The Balaban J connectivity index is 2.11. The van der Waals surface area contributed by atoms with E-state index >= 15 is 0 Å². The Morgan fingerprint density at radius 3 is 2.56 bits per heavy atom. The minimum Gasteiger partial charge on any atom is -0.444 e. The number of alkyl carbamates (subject to hydrolysis) is 1. The molecule has 0 aliphatic carbocycles. The van der Waals surface area contributed by atoms with E-state index in [2.05, 4.69) is 5.32 Å². The molecule has 1 aromatic rings. The van der Waals surface area contributed by atoms with Crippen molar-refractivity contribution in [2.75, 3.05) is 6.61 Å². The van der Waals surface area contributed by atoms with Crippen molar-refractivity contribution >= 4 is 12.1 Å². The lowest BCUT2D eigenvalue weighted by atomic mass is 10.1. The van der Waals surface area contributed by atoms with Gasteiger partial charge in [0.05, 0.1) is 18.7 Å². The predicted octanol–water partition coefficient (Wildman–Crippen LogP) is 1.97. The third kappa shape index (κ3) is 6.82. The fraction of sp³-hybridized carbons (Fsp3) is 0.579. The van der Waals surface area contributed by atoms with Gasteiger partial charge < -0.3 is 19.9 Å². The first-order valence-corrected chi connectivity index (χ1v) is 8.93. The first kappa shape index (κ1) is 21.1. The summed E-state index contributed by atoms with van der Waals surface area (Å²) in [5.74, 6) is -0.457. The van der Waals surface area contributed by atoms with Gasteiger partial charge in [0.15, 0.2) is 0 Å². The number of hydrogen-bond acceptors (Lipinski definition) is 7. The molecule has 1 amide bonds. The zero-order valence-corrected chi connectivity index (χ0v) is 16.2. The molecule has 0 spiro atoms. The van der Waals surface area contributed by atoms with Crippen LogP contribution in [0.3, 0.4) is 0 Å². The van der Waals surface area contributed by atoms with E-state index < -0.39 is 36.0 Å². The number of benzene rings is 1. The van der Waals surface area contributed by atoms with Crippen molar-refractivity contribution in [2.45, 2.75) is 64.6 Å². The second kappa shape index (κ2) is 9.16. The van der Waals surface area contributed by atoms with Crippen molar-refractivity contribution in [3.05, 3.63) is 35.9 Å². The molecule has 0 aromatic heterocycles. The zero-order chi connectivity index (χ0) is 20.0. The molecule has 2 N–H and O–H groups in total. The van der Waals surface area contributed by atoms with Crippen LogP contribution in [-0.2, 0) is 25.7 Å². The van der Waals surface area contributed by atoms with Gasteiger partial charge in [0.25, 0.3) is 0 Å². The van der Waals surface area contributed by atoms with Crippen LogP contribution < -0.4 is 5.32 Å². The van der Waals surface area contributed by atoms with E-state index in [1.165, 1.54) is 6.92 Å². The minimum absolute atomic E-state index is 0.313. The highest BCUT2D eigenvalue weighted by atomic mass is 16.8. The number of ether oxygens (including phenoxy) is 2. The summed E-state index contributed by atoms with van der Waals surface area (Å²) in [6.07, 6.45) is -1.09. The summed E-state index contributed by atoms with van der Waals surface area (Å²) in [6, 6.07) is 8.56. The summed E-state index contributed by atoms with van der Waals surface area (Å²) >= 11 is 0. The number of hydroxylamine groups is 2. The molecule has 1 aliphatic rings. The Kier molecular flexibility index (Phi) is 7.18. The number of nitrogens with one attached hydrogen (secondary N) is 1. The lowest BCUT2D eigenvalue weighted by Gasteiger charge is -2.30. The number of aliphatic hydroxyl groups is 1. The van der Waals surface area contributed by atoms with Crippen LogP contribution in [0, 0.1) is 0 Å². The Morgan fingerprint density at radius 1 is 1.33 bits per heavy atom. The number of carbonyl (C=O) groups is 2. The molecule has 3 atom stereocenters. The molecule has 2 rings (SSSR count). The normalized spacial score (nSPS) is 21.5. The molecule has 8 nitrogen and oxygen atoms in total. The van der Waals surface area contributed by atoms with Crippen molar-refractivity contribution in [1.29, 1.82) is 0 Å². The second-order valence-electron chi connectivity index (χ2n) is 7.44. The summed E-state index contributed by atoms with van der Waals surface area (Å²) in [5.41, 5.74) is 0.334. The van der Waals surface area contributed by atoms with Crippen molar-refractivity contribution in [3.8, 4) is 0 Å². The van der Waals surface area contributed by atoms with Gasteiger partial charge in [0, 0.05) is 19.9 Å². The van der Waals surface area contributed by atoms with Crippen LogP contribution in [0.4, 0.5) is 4.79 Å². The molecular weight excluding hydrogens is 352 g/mol. The quantitative estimate of drug-likeness (QED) is 0.728. The molecular formula is C19H28N2O6. The summed E-state index contributed by atoms with van der Waals surface area (Å²) in [5, 5.41) is 14.1. The van der Waals surface area contributed by atoms with Gasteiger partial charge >= 0.3 is 12.1 Å². The maximum atomic E-state index is 12.1. The first-order chi connectivity index (χ1) is 12.7. The van der Waals surface area contributed by atoms with Gasteiger partial charge in [0.1, 0.15) is 5.60 Å². The Labute approximate surface area is 159 Å². The SMILES string of the molecule is CC(=O)O[C@H]1C[C@@H]([C@H](CO)NC(=O)OC(C)(C)C)N(Cc2ccccc2)O1. The van der Waals surface area contributed by atoms with Crippen LogP contribution >= 0.6 is 0 Å². The largest absolute Gasteiger partial charge is 0.444 e. The molecule has 0 radical (unpaired) electrons. The number of nitrogens with zero attached hydrogens (tertiary/aromatic N) is 1. The molecule has 1 heterocycles. The fourth-order valence-corrected chi connectivity index (χ4v) is 2.85. The van der Waals surface area contributed by atoms with Gasteiger partial charge in [-0.2, -0.15) is 5.06 Å². The number of hydrogen-bond donors (Lipinski definition) is 2. The van der Waals surface area contributed by atoms with Crippen molar-refractivity contribution < 1.29 is 29.0 Å². The molecule has 1 aliphatic heterocycles. The number of aliphatic hydroxyl groups excluding tert-OH is 1. The Bertz CT molecular complexity index is 631. The summed E-state index contributed by atoms with van der Waals surface area (Å²) in [7, 11) is 0. The topological polar surface area (TPSA) is 97.3 Å². The van der Waals surface area contributed by atoms with E-state index in [0.717, 1.165) is 5.56 Å². The van der Waals surface area contributed by atoms with E-state index in [9.17, 15) is 14.7 Å². The van der Waals surface area contributed by atoms with Crippen molar-refractivity contribution in [2.24, 2.45) is 0 Å². The van der Waals surface area contributed by atoms with Gasteiger partial charge in [-0.1, -0.05) is 30.3 Å². The van der Waals surface area contributed by atoms with Crippen LogP contribution in [0.5, 0.6) is 0 Å². The van der Waals surface area contributed by atoms with Crippen LogP contribution in [0.25, 0.3) is 0 Å². The molecule has 1 saturated heterocycles. The summed E-state index contributed by atoms with van der Waals surface area (Å²) in [6.45, 7) is 6.69. The van der Waals surface area contributed by atoms with Crippen molar-refractivity contribution in [1.82, 2.24) is 10.4 Å². The third-order valence-electron chi connectivity index (χ3n) is 3.90. The Morgan fingerprint density at radius 2 is 2.00 bits per heavy atom. The highest BCUT2D eigenvalue weighted by Crippen LogP contribution is 2.27. The van der Waals surface area contributed by atoms with Gasteiger partial charge in [-0.15, -0.1) is 0 Å². The first-order valence-electron chi connectivity index (χ1n) is 8.93. The van der Waals surface area contributed by atoms with Crippen LogP contribution in [-0.4, -0.2) is 52.8 Å². The van der Waals surface area contributed by atoms with E-state index in [1.807, 2.05) is 30.3 Å². The average Bonchev–Trinajstić information content (AvgIpc) is 2.93. The molecule has 1 fully saturated rings. The van der Waals surface area contributed by atoms with Crippen molar-refractivity contribution in [3.63, 3.8) is 0 Å². The molecule has 0 unspecified atom stereocenters. The van der Waals surface area contributed by atoms with Crippen LogP contribution in [0.1, 0.15) is 39.7 Å². The highest BCUT2D eigenvalue weighted by molar-refractivity contribution is 5.68. The van der Waals surface area contributed by atoms with Gasteiger partial charge in [-0.25, -0.2) is 4.79 Å². The van der Waals surface area contributed by atoms with E-state index in [1.54, 1.807) is 25.8 Å². The summed E-state index contributed by atoms with van der Waals surface area (Å²) < 4.78 is 10.4. The maximum Gasteiger partial charge on any atom is 0.408 e. The number of esters is 1. The molecule has 150 valence electrons. The number of rotatable bonds is 6. The lowest BCUT2D eigenvalue weighted by molar-refractivity contribution is -0.241. The Hall–Kier alpha value is -2.16. The van der Waals surface area contributed by atoms with Crippen LogP contribution in [0.15, 0.2) is 30.3 Å². The smallest absolute Gasteiger partial charge is 0.408 e. The second-order valence-corrected chi connectivity index (χ2v) is 7.44. The lowest BCUT2D eigenvalue weighted by Crippen LogP contribution is -2.51. The zero-order valence-electron chi connectivity index (χ0n) is 16.2. The minimum atomic E-state index is -0.773. The molecule has 0 saturated carbocycles. The predicted molar refractivity (Wildman–Crippen MR) is 97.3 cm³/mol. The highest BCUT2D eigenvalue weighted by Gasteiger charge is 2.41. The third-order valence-corrected chi connectivity index (χ3v) is 3.90. The molecule has 8 heteroatoms. The monoisotopic (exact) mass is 380 g/mol. The van der Waals surface area contributed by atoms with Crippen LogP contribution in [0.2, 0.25) is 0 Å². The van der Waals surface area contributed by atoms with E-state index in [0.29, 0.717) is 13.0 Å². The fourth-order valence-electron chi connectivity index (χ4n) is 2.85. The van der Waals surface area contributed by atoms with Gasteiger partial charge in [0.2, 0.25) is 6.29 Å². The van der Waals surface area contributed by atoms with Gasteiger partial charge in [-0.05, 0) is 26.3 Å². The number of carbonyl (C=O) groups excluding carboxylic acids is 2. The number of amides is 1. The standard InChI is InChI=1S/C19H28N2O6/c1-13(23)25-17-10-16(15(12-22)20-18(24)26-19(2,3)4)21(27-17)11-14-8-6-5-7-9-14/h5-9,15-17,22H,10-12H2,1-4H3,(H,20,24)/t15-,16-,17+/m0/s1. The molecule has 0 bridgehead atoms. The average molecular weight is 380 g/mol. The molecule has 27 heavy (non-hydrogen) atoms. The summed E-state index contributed by atoms with van der Waals surface area (Å²) in [4.78, 5) is 29.1. The van der Waals surface area contributed by atoms with Gasteiger partial charge in [-0.3, -0.25) is 9.63 Å². The van der Waals surface area contributed by atoms with E-state index in [4.69, 9.17) is 14.3 Å². The maximum absolute atomic E-state index is 12.1. The van der Waals surface area contributed by atoms with E-state index in [-0.39, 0.29) is 6.61 Å².